The first-order valence-corrected chi connectivity index (χ1v) is 10.4. The predicted octanol–water partition coefficient (Wildman–Crippen LogP) is 4.12. The maximum absolute atomic E-state index is 12.4. The van der Waals surface area contributed by atoms with Gasteiger partial charge in [-0.25, -0.2) is 18.1 Å². The van der Waals surface area contributed by atoms with E-state index < -0.39 is 10.0 Å². The van der Waals surface area contributed by atoms with E-state index in [1.165, 1.54) is 16.2 Å². The van der Waals surface area contributed by atoms with Crippen molar-refractivity contribution in [1.82, 2.24) is 9.71 Å². The van der Waals surface area contributed by atoms with Gasteiger partial charge in [-0.1, -0.05) is 13.8 Å². The average molecular weight is 359 g/mol. The number of thiophene rings is 1. The van der Waals surface area contributed by atoms with Crippen molar-refractivity contribution in [3.8, 4) is 9.88 Å². The number of nitrogens with one attached hydrogen (secondary N) is 1. The molecule has 0 amide bonds. The molecule has 22 heavy (non-hydrogen) atoms. The number of sulfonamides is 1. The number of thiazole rings is 1. The van der Waals surface area contributed by atoms with Crippen LogP contribution in [0.2, 0.25) is 0 Å². The van der Waals surface area contributed by atoms with Gasteiger partial charge in [-0.05, 0) is 39.2 Å². The van der Waals surface area contributed by atoms with Crippen LogP contribution in [0.25, 0.3) is 9.88 Å². The van der Waals surface area contributed by atoms with E-state index in [0.717, 1.165) is 26.9 Å². The van der Waals surface area contributed by atoms with Crippen LogP contribution in [0.5, 0.6) is 0 Å². The summed E-state index contributed by atoms with van der Waals surface area (Å²) in [5.41, 5.74) is 1.01. The first-order valence-electron chi connectivity index (χ1n) is 7.25. The summed E-state index contributed by atoms with van der Waals surface area (Å²) < 4.78 is 27.6. The molecule has 0 saturated carbocycles. The van der Waals surface area contributed by atoms with Gasteiger partial charge in [-0.3, -0.25) is 0 Å². The van der Waals surface area contributed by atoms with E-state index in [1.54, 1.807) is 17.4 Å². The van der Waals surface area contributed by atoms with Gasteiger partial charge < -0.3 is 0 Å². The summed E-state index contributed by atoms with van der Waals surface area (Å²) in [5.74, 6) is 0.475. The van der Waals surface area contributed by atoms with Gasteiger partial charge in [0.05, 0.1) is 15.5 Å². The molecular weight excluding hydrogens is 336 g/mol. The predicted molar refractivity (Wildman–Crippen MR) is 94.3 cm³/mol. The lowest BCUT2D eigenvalue weighted by atomic mass is 10.1. The van der Waals surface area contributed by atoms with E-state index in [4.69, 9.17) is 0 Å². The lowest BCUT2D eigenvalue weighted by Crippen LogP contribution is -2.25. The van der Waals surface area contributed by atoms with Crippen LogP contribution in [-0.2, 0) is 10.0 Å². The Bertz CT molecular complexity index is 738. The van der Waals surface area contributed by atoms with Crippen molar-refractivity contribution in [2.75, 3.05) is 6.54 Å². The van der Waals surface area contributed by atoms with Crippen LogP contribution in [0.15, 0.2) is 11.0 Å². The molecule has 0 fully saturated rings. The van der Waals surface area contributed by atoms with Crippen molar-refractivity contribution >= 4 is 32.7 Å². The lowest BCUT2D eigenvalue weighted by molar-refractivity contribution is 0.551. The lowest BCUT2D eigenvalue weighted by Gasteiger charge is -2.07. The number of nitrogens with zero attached hydrogens (tertiary/aromatic N) is 1. The van der Waals surface area contributed by atoms with Gasteiger partial charge >= 0.3 is 0 Å². The van der Waals surface area contributed by atoms with Crippen LogP contribution in [0, 0.1) is 26.7 Å². The third-order valence-electron chi connectivity index (χ3n) is 3.41. The van der Waals surface area contributed by atoms with Crippen molar-refractivity contribution < 1.29 is 8.42 Å². The molecule has 0 aromatic carbocycles. The van der Waals surface area contributed by atoms with Gasteiger partial charge in [0.15, 0.2) is 0 Å². The normalized spacial score (nSPS) is 12.3. The Balaban J connectivity index is 2.25. The van der Waals surface area contributed by atoms with Gasteiger partial charge in [-0.15, -0.1) is 22.7 Å². The fourth-order valence-electron chi connectivity index (χ4n) is 1.98. The van der Waals surface area contributed by atoms with Crippen molar-refractivity contribution in [2.45, 2.75) is 45.9 Å². The van der Waals surface area contributed by atoms with Crippen molar-refractivity contribution in [3.63, 3.8) is 0 Å². The number of aromatic nitrogens is 1. The first kappa shape index (κ1) is 17.6. The molecule has 1 N–H and O–H groups in total. The smallest absolute Gasteiger partial charge is 0.240 e. The molecular formula is C15H22N2O2S3. The number of rotatable bonds is 6. The zero-order valence-corrected chi connectivity index (χ0v) is 16.0. The van der Waals surface area contributed by atoms with Gasteiger partial charge in [0, 0.05) is 16.3 Å². The van der Waals surface area contributed by atoms with Crippen LogP contribution >= 0.6 is 22.7 Å². The molecule has 0 aliphatic heterocycles. The number of hydrogen-bond donors (Lipinski definition) is 1. The molecule has 2 heterocycles. The molecule has 0 aliphatic carbocycles. The second-order valence-corrected chi connectivity index (χ2v) is 9.97. The minimum atomic E-state index is -3.44. The molecule has 0 radical (unpaired) electrons. The van der Waals surface area contributed by atoms with Gasteiger partial charge in [-0.2, -0.15) is 0 Å². The summed E-state index contributed by atoms with van der Waals surface area (Å²) in [6, 6.07) is 1.75. The quantitative estimate of drug-likeness (QED) is 0.845. The maximum Gasteiger partial charge on any atom is 0.241 e. The molecule has 2 rings (SSSR count). The summed E-state index contributed by atoms with van der Waals surface area (Å²) in [7, 11) is -3.44. The fourth-order valence-corrected chi connectivity index (χ4v) is 5.57. The Morgan fingerprint density at radius 1 is 1.18 bits per heavy atom. The van der Waals surface area contributed by atoms with Gasteiger partial charge in [0.25, 0.3) is 0 Å². The van der Waals surface area contributed by atoms with E-state index in [0.29, 0.717) is 17.4 Å². The molecule has 0 saturated heterocycles. The molecule has 0 spiro atoms. The van der Waals surface area contributed by atoms with E-state index in [9.17, 15) is 8.42 Å². The second kappa shape index (κ2) is 6.78. The molecule has 2 aromatic heterocycles. The zero-order chi connectivity index (χ0) is 16.5. The highest BCUT2D eigenvalue weighted by atomic mass is 32.2. The molecule has 4 nitrogen and oxygen atoms in total. The minimum absolute atomic E-state index is 0.377. The SMILES string of the molecule is Cc1nc(-c2cc(S(=O)(=O)NCCC(C)C)c(C)s2)sc1C. The highest BCUT2D eigenvalue weighted by molar-refractivity contribution is 7.89. The van der Waals surface area contributed by atoms with Crippen LogP contribution in [0.1, 0.15) is 35.7 Å². The topological polar surface area (TPSA) is 59.1 Å². The monoisotopic (exact) mass is 358 g/mol. The Morgan fingerprint density at radius 3 is 2.41 bits per heavy atom. The largest absolute Gasteiger partial charge is 0.241 e. The van der Waals surface area contributed by atoms with Crippen LogP contribution in [0.4, 0.5) is 0 Å². The standard InChI is InChI=1S/C15H22N2O2S3/c1-9(2)6-7-16-22(18,19)14-8-13(20-12(14)5)15-17-10(3)11(4)21-15/h8-9,16H,6-7H2,1-5H3. The first-order chi connectivity index (χ1) is 10.2. The van der Waals surface area contributed by atoms with E-state index in [-0.39, 0.29) is 0 Å². The average Bonchev–Trinajstić information content (AvgIpc) is 2.93. The van der Waals surface area contributed by atoms with Crippen LogP contribution < -0.4 is 4.72 Å². The summed E-state index contributed by atoms with van der Waals surface area (Å²) >= 11 is 3.09. The summed E-state index contributed by atoms with van der Waals surface area (Å²) in [4.78, 5) is 7.78. The third kappa shape index (κ3) is 3.95. The van der Waals surface area contributed by atoms with E-state index in [2.05, 4.69) is 23.6 Å². The fraction of sp³-hybridized carbons (Fsp3) is 0.533. The molecule has 0 atom stereocenters. The molecule has 0 unspecified atom stereocenters. The van der Waals surface area contributed by atoms with Crippen LogP contribution in [-0.4, -0.2) is 19.9 Å². The number of aryl methyl sites for hydroxylation is 3. The summed E-state index contributed by atoms with van der Waals surface area (Å²) in [6.07, 6.45) is 0.833. The number of hydrogen-bond acceptors (Lipinski definition) is 5. The van der Waals surface area contributed by atoms with E-state index >= 15 is 0 Å². The van der Waals surface area contributed by atoms with Gasteiger partial charge in [0.1, 0.15) is 5.01 Å². The Kier molecular flexibility index (Phi) is 5.42. The summed E-state index contributed by atoms with van der Waals surface area (Å²) in [6.45, 7) is 10.5. The summed E-state index contributed by atoms with van der Waals surface area (Å²) in [5, 5.41) is 0.895. The Labute approximate surface area is 140 Å². The maximum atomic E-state index is 12.4. The molecule has 2 aromatic rings. The van der Waals surface area contributed by atoms with Crippen molar-refractivity contribution in [2.24, 2.45) is 5.92 Å². The Hall–Kier alpha value is -0.760. The van der Waals surface area contributed by atoms with Crippen molar-refractivity contribution in [1.29, 1.82) is 0 Å². The third-order valence-corrected chi connectivity index (χ3v) is 7.42. The van der Waals surface area contributed by atoms with E-state index in [1.807, 2.05) is 20.8 Å². The van der Waals surface area contributed by atoms with Crippen LogP contribution in [0.3, 0.4) is 0 Å². The molecule has 0 aliphatic rings. The van der Waals surface area contributed by atoms with Gasteiger partial charge in [0.2, 0.25) is 10.0 Å². The zero-order valence-electron chi connectivity index (χ0n) is 13.6. The molecule has 122 valence electrons. The van der Waals surface area contributed by atoms with Crippen molar-refractivity contribution in [3.05, 3.63) is 21.5 Å². The second-order valence-electron chi connectivity index (χ2n) is 5.77. The molecule has 0 bridgehead atoms. The minimum Gasteiger partial charge on any atom is -0.240 e. The Morgan fingerprint density at radius 2 is 1.86 bits per heavy atom. The molecule has 7 heteroatoms. The highest BCUT2D eigenvalue weighted by Crippen LogP contribution is 2.36. The highest BCUT2D eigenvalue weighted by Gasteiger charge is 2.21.